The topological polar surface area (TPSA) is 92.6 Å². The van der Waals surface area contributed by atoms with Crippen LogP contribution in [0.5, 0.6) is 0 Å². The summed E-state index contributed by atoms with van der Waals surface area (Å²) in [5.41, 5.74) is 0.688. The number of nitrogens with one attached hydrogen (secondary N) is 1. The van der Waals surface area contributed by atoms with Crippen LogP contribution in [0.3, 0.4) is 0 Å². The molecular formula is C21H23N3O4. The number of allylic oxidation sites excluding steroid dienone is 2. The van der Waals surface area contributed by atoms with Crippen LogP contribution >= 0.6 is 0 Å². The van der Waals surface area contributed by atoms with Crippen molar-refractivity contribution in [2.45, 2.75) is 44.6 Å². The highest BCUT2D eigenvalue weighted by Crippen LogP contribution is 2.53. The third kappa shape index (κ3) is 2.56. The van der Waals surface area contributed by atoms with E-state index >= 15 is 0 Å². The lowest BCUT2D eigenvalue weighted by molar-refractivity contribution is -0.383. The second kappa shape index (κ2) is 6.43. The molecule has 1 saturated heterocycles. The highest BCUT2D eigenvalue weighted by Gasteiger charge is 2.59. The van der Waals surface area contributed by atoms with Crippen molar-refractivity contribution in [3.05, 3.63) is 40.5 Å². The first-order chi connectivity index (χ1) is 13.5. The smallest absolute Gasteiger partial charge is 0.294 e. The van der Waals surface area contributed by atoms with Gasteiger partial charge in [0.2, 0.25) is 11.8 Å². The fourth-order valence-corrected chi connectivity index (χ4v) is 5.56. The summed E-state index contributed by atoms with van der Waals surface area (Å²) >= 11 is 0. The molecule has 2 saturated carbocycles. The predicted octanol–water partition coefficient (Wildman–Crippen LogP) is 3.65. The lowest BCUT2D eigenvalue weighted by Crippen LogP contribution is -2.33. The Morgan fingerprint density at radius 1 is 1.00 bits per heavy atom. The van der Waals surface area contributed by atoms with Gasteiger partial charge in [0.25, 0.3) is 5.69 Å². The number of nitrogens with zero attached hydrogens (tertiary/aromatic N) is 2. The Labute approximate surface area is 162 Å². The van der Waals surface area contributed by atoms with Crippen molar-refractivity contribution in [2.75, 3.05) is 10.2 Å². The van der Waals surface area contributed by atoms with Crippen molar-refractivity contribution < 1.29 is 14.5 Å². The van der Waals surface area contributed by atoms with E-state index in [4.69, 9.17) is 0 Å². The van der Waals surface area contributed by atoms with Crippen LogP contribution in [-0.2, 0) is 9.59 Å². The number of rotatable bonds is 4. The molecule has 146 valence electrons. The lowest BCUT2D eigenvalue weighted by atomic mass is 9.85. The molecule has 1 aromatic rings. The molecule has 1 aliphatic heterocycles. The van der Waals surface area contributed by atoms with E-state index in [2.05, 4.69) is 5.32 Å². The van der Waals surface area contributed by atoms with Crippen molar-refractivity contribution in [3.63, 3.8) is 0 Å². The summed E-state index contributed by atoms with van der Waals surface area (Å²) in [5.74, 6) is -0.788. The molecule has 7 heteroatoms. The third-order valence-corrected chi connectivity index (χ3v) is 6.87. The SMILES string of the molecule is O=C1[C@H]2[C@H](C(=O)N1c1ccc(NC3CCCCC3)c([N+](=O)[O-])c1)[C@H]1C=C[C@H]2C1. The van der Waals surface area contributed by atoms with E-state index in [0.29, 0.717) is 11.4 Å². The van der Waals surface area contributed by atoms with Gasteiger partial charge in [0, 0.05) is 12.1 Å². The Kier molecular flexibility index (Phi) is 4.00. The number of imide groups is 1. The van der Waals surface area contributed by atoms with Crippen molar-refractivity contribution in [2.24, 2.45) is 23.7 Å². The van der Waals surface area contributed by atoms with Crippen LogP contribution in [0.1, 0.15) is 38.5 Å². The first-order valence-electron chi connectivity index (χ1n) is 10.2. The number of carbonyl (C=O) groups is 2. The zero-order valence-electron chi connectivity index (χ0n) is 15.5. The quantitative estimate of drug-likeness (QED) is 0.372. The summed E-state index contributed by atoms with van der Waals surface area (Å²) in [6.45, 7) is 0. The minimum absolute atomic E-state index is 0.0816. The van der Waals surface area contributed by atoms with E-state index in [1.807, 2.05) is 12.2 Å². The van der Waals surface area contributed by atoms with Crippen molar-refractivity contribution in [1.29, 1.82) is 0 Å². The molecule has 0 radical (unpaired) electrons. The molecule has 0 aromatic heterocycles. The molecule has 7 nitrogen and oxygen atoms in total. The number of hydrogen-bond acceptors (Lipinski definition) is 5. The Morgan fingerprint density at radius 3 is 2.25 bits per heavy atom. The largest absolute Gasteiger partial charge is 0.377 e. The number of benzene rings is 1. The highest BCUT2D eigenvalue weighted by molar-refractivity contribution is 6.23. The van der Waals surface area contributed by atoms with E-state index in [9.17, 15) is 19.7 Å². The Balaban J connectivity index is 1.44. The maximum absolute atomic E-state index is 13.0. The Hall–Kier alpha value is -2.70. The number of hydrogen-bond donors (Lipinski definition) is 1. The zero-order valence-corrected chi connectivity index (χ0v) is 15.5. The van der Waals surface area contributed by atoms with Crippen molar-refractivity contribution in [1.82, 2.24) is 0 Å². The van der Waals surface area contributed by atoms with Gasteiger partial charge in [0.15, 0.2) is 0 Å². The standard InChI is InChI=1S/C21H23N3O4/c25-20-18-12-6-7-13(10-12)19(18)21(26)23(20)15-8-9-16(17(11-15)24(27)28)22-14-4-2-1-3-5-14/h6-9,11-14,18-19,22H,1-5,10H2/t12-,13-,18+,19+/m0/s1. The van der Waals surface area contributed by atoms with Crippen LogP contribution in [0.15, 0.2) is 30.4 Å². The van der Waals surface area contributed by atoms with Crippen LogP contribution < -0.4 is 10.2 Å². The molecule has 3 fully saturated rings. The molecule has 0 unspecified atom stereocenters. The number of nitro benzene ring substituents is 1. The number of nitro groups is 1. The molecule has 1 N–H and O–H groups in total. The van der Waals surface area contributed by atoms with Crippen LogP contribution in [0, 0.1) is 33.8 Å². The van der Waals surface area contributed by atoms with Crippen LogP contribution in [0.25, 0.3) is 0 Å². The van der Waals surface area contributed by atoms with Gasteiger partial charge in [-0.15, -0.1) is 0 Å². The van der Waals surface area contributed by atoms with E-state index in [-0.39, 0.29) is 47.2 Å². The van der Waals surface area contributed by atoms with Gasteiger partial charge < -0.3 is 5.32 Å². The van der Waals surface area contributed by atoms with E-state index < -0.39 is 4.92 Å². The molecule has 0 spiro atoms. The van der Waals surface area contributed by atoms with Crippen LogP contribution in [0.2, 0.25) is 0 Å². The monoisotopic (exact) mass is 381 g/mol. The average molecular weight is 381 g/mol. The Morgan fingerprint density at radius 2 is 1.64 bits per heavy atom. The summed E-state index contributed by atoms with van der Waals surface area (Å²) in [6, 6.07) is 4.90. The number of anilines is 2. The van der Waals surface area contributed by atoms with Gasteiger partial charge in [-0.3, -0.25) is 19.7 Å². The summed E-state index contributed by atoms with van der Waals surface area (Å²) in [7, 11) is 0. The summed E-state index contributed by atoms with van der Waals surface area (Å²) < 4.78 is 0. The van der Waals surface area contributed by atoms with Gasteiger partial charge >= 0.3 is 0 Å². The molecule has 4 aliphatic rings. The lowest BCUT2D eigenvalue weighted by Gasteiger charge is -2.24. The highest BCUT2D eigenvalue weighted by atomic mass is 16.6. The van der Waals surface area contributed by atoms with E-state index in [1.54, 1.807) is 12.1 Å². The number of fused-ring (bicyclic) bond motifs is 5. The summed E-state index contributed by atoms with van der Waals surface area (Å²) in [5, 5.41) is 15.0. The Bertz CT molecular complexity index is 860. The fraction of sp³-hybridized carbons (Fsp3) is 0.524. The van der Waals surface area contributed by atoms with Crippen molar-refractivity contribution >= 4 is 28.9 Å². The maximum atomic E-state index is 13.0. The first kappa shape index (κ1) is 17.4. The zero-order chi connectivity index (χ0) is 19.4. The molecule has 28 heavy (non-hydrogen) atoms. The molecule has 3 aliphatic carbocycles. The van der Waals surface area contributed by atoms with Gasteiger partial charge in [-0.05, 0) is 43.2 Å². The van der Waals surface area contributed by atoms with Crippen LogP contribution in [-0.4, -0.2) is 22.8 Å². The molecule has 2 bridgehead atoms. The number of carbonyl (C=O) groups excluding carboxylic acids is 2. The first-order valence-corrected chi connectivity index (χ1v) is 10.2. The van der Waals surface area contributed by atoms with Gasteiger partial charge in [-0.1, -0.05) is 31.4 Å². The molecule has 1 heterocycles. The normalized spacial score (nSPS) is 31.5. The van der Waals surface area contributed by atoms with Crippen LogP contribution in [0.4, 0.5) is 17.1 Å². The summed E-state index contributed by atoms with van der Waals surface area (Å²) in [4.78, 5) is 38.3. The maximum Gasteiger partial charge on any atom is 0.294 e. The second-order valence-corrected chi connectivity index (χ2v) is 8.45. The number of amides is 2. The van der Waals surface area contributed by atoms with E-state index in [0.717, 1.165) is 32.1 Å². The molecule has 5 rings (SSSR count). The minimum Gasteiger partial charge on any atom is -0.377 e. The molecule has 2 amide bonds. The predicted molar refractivity (Wildman–Crippen MR) is 104 cm³/mol. The van der Waals surface area contributed by atoms with Crippen molar-refractivity contribution in [3.8, 4) is 0 Å². The molecule has 1 aromatic carbocycles. The molecule has 4 atom stereocenters. The van der Waals surface area contributed by atoms with Gasteiger partial charge in [0.1, 0.15) is 5.69 Å². The minimum atomic E-state index is -0.439. The average Bonchev–Trinajstić information content (AvgIpc) is 3.37. The van der Waals surface area contributed by atoms with Gasteiger partial charge in [0.05, 0.1) is 22.4 Å². The third-order valence-electron chi connectivity index (χ3n) is 6.87. The molecular weight excluding hydrogens is 358 g/mol. The van der Waals surface area contributed by atoms with Gasteiger partial charge in [-0.25, -0.2) is 4.90 Å². The second-order valence-electron chi connectivity index (χ2n) is 8.45. The summed E-state index contributed by atoms with van der Waals surface area (Å²) in [6.07, 6.45) is 10.4. The van der Waals surface area contributed by atoms with Gasteiger partial charge in [-0.2, -0.15) is 0 Å². The fourth-order valence-electron chi connectivity index (χ4n) is 5.56. The van der Waals surface area contributed by atoms with E-state index in [1.165, 1.54) is 17.4 Å².